The van der Waals surface area contributed by atoms with Gasteiger partial charge in [0, 0.05) is 19.3 Å². The summed E-state index contributed by atoms with van der Waals surface area (Å²) in [5.74, 6) is 2.21. The fourth-order valence-corrected chi connectivity index (χ4v) is 2.55. The van der Waals surface area contributed by atoms with Crippen molar-refractivity contribution in [3.63, 3.8) is 0 Å². The van der Waals surface area contributed by atoms with Crippen molar-refractivity contribution in [1.82, 2.24) is 14.9 Å². The second-order valence-electron chi connectivity index (χ2n) is 5.86. The molecule has 18 heavy (non-hydrogen) atoms. The smallest absolute Gasteiger partial charge is 0.0948 e. The average molecular weight is 251 g/mol. The van der Waals surface area contributed by atoms with Crippen LogP contribution in [0.5, 0.6) is 0 Å². The summed E-state index contributed by atoms with van der Waals surface area (Å²) < 4.78 is 2.24. The normalized spacial score (nSPS) is 12.0. The van der Waals surface area contributed by atoms with E-state index in [2.05, 4.69) is 49.5 Å². The van der Waals surface area contributed by atoms with E-state index in [1.165, 1.54) is 5.69 Å². The molecule has 0 fully saturated rings. The van der Waals surface area contributed by atoms with E-state index in [1.54, 1.807) is 0 Å². The zero-order valence-electron chi connectivity index (χ0n) is 12.6. The van der Waals surface area contributed by atoms with Crippen LogP contribution in [-0.2, 0) is 13.1 Å². The Hall–Kier alpha value is -0.830. The van der Waals surface area contributed by atoms with Crippen LogP contribution in [0.2, 0.25) is 0 Å². The summed E-state index contributed by atoms with van der Waals surface area (Å²) in [6.07, 6.45) is 5.06. The molecular formula is C15H29N3. The number of rotatable bonds is 8. The summed E-state index contributed by atoms with van der Waals surface area (Å²) in [5.41, 5.74) is 1.29. The molecule has 1 N–H and O–H groups in total. The van der Waals surface area contributed by atoms with Gasteiger partial charge in [-0.1, -0.05) is 34.6 Å². The average Bonchev–Trinajstić information content (AvgIpc) is 2.71. The van der Waals surface area contributed by atoms with E-state index >= 15 is 0 Å². The molecular weight excluding hydrogens is 222 g/mol. The zero-order chi connectivity index (χ0) is 13.5. The molecule has 0 aromatic carbocycles. The largest absolute Gasteiger partial charge is 0.333 e. The van der Waals surface area contributed by atoms with Crippen LogP contribution in [0.4, 0.5) is 0 Å². The van der Waals surface area contributed by atoms with Gasteiger partial charge in [0.05, 0.1) is 12.0 Å². The van der Waals surface area contributed by atoms with Gasteiger partial charge >= 0.3 is 0 Å². The van der Waals surface area contributed by atoms with Crippen molar-refractivity contribution in [3.8, 4) is 0 Å². The Kier molecular flexibility index (Phi) is 6.41. The lowest BCUT2D eigenvalue weighted by Crippen LogP contribution is -2.30. The number of aromatic nitrogens is 2. The zero-order valence-corrected chi connectivity index (χ0v) is 12.6. The van der Waals surface area contributed by atoms with Crippen molar-refractivity contribution >= 4 is 0 Å². The molecule has 0 radical (unpaired) electrons. The topological polar surface area (TPSA) is 29.9 Å². The second-order valence-corrected chi connectivity index (χ2v) is 5.86. The van der Waals surface area contributed by atoms with Crippen LogP contribution in [0, 0.1) is 17.8 Å². The van der Waals surface area contributed by atoms with Gasteiger partial charge in [0.25, 0.3) is 0 Å². The molecule has 0 atom stereocenters. The molecule has 1 aromatic heterocycles. The molecule has 1 aromatic rings. The first kappa shape index (κ1) is 15.2. The van der Waals surface area contributed by atoms with E-state index in [9.17, 15) is 0 Å². The Morgan fingerprint density at radius 3 is 2.44 bits per heavy atom. The minimum atomic E-state index is 0.734. The van der Waals surface area contributed by atoms with Gasteiger partial charge in [-0.2, -0.15) is 0 Å². The Bertz CT molecular complexity index is 320. The monoisotopic (exact) mass is 251 g/mol. The highest BCUT2D eigenvalue weighted by molar-refractivity contribution is 4.97. The lowest BCUT2D eigenvalue weighted by molar-refractivity contribution is 0.274. The van der Waals surface area contributed by atoms with Crippen LogP contribution in [0.25, 0.3) is 0 Å². The van der Waals surface area contributed by atoms with E-state index in [0.717, 1.165) is 43.8 Å². The molecule has 3 heteroatoms. The predicted molar refractivity (Wildman–Crippen MR) is 77.4 cm³/mol. The molecule has 0 aliphatic rings. The standard InChI is InChI=1S/C15H29N3/c1-6-7-18-11-17-9-14(18)8-16-10-15(12(2)3)13(4)5/h9,11-13,15-16H,6-8,10H2,1-5H3. The third kappa shape index (κ3) is 4.45. The van der Waals surface area contributed by atoms with Crippen molar-refractivity contribution < 1.29 is 0 Å². The van der Waals surface area contributed by atoms with E-state index in [0.29, 0.717) is 0 Å². The van der Waals surface area contributed by atoms with Crippen LogP contribution in [0.15, 0.2) is 12.5 Å². The third-order valence-electron chi connectivity index (χ3n) is 3.66. The van der Waals surface area contributed by atoms with Gasteiger partial charge in [-0.05, 0) is 30.7 Å². The van der Waals surface area contributed by atoms with Crippen LogP contribution < -0.4 is 5.32 Å². The fourth-order valence-electron chi connectivity index (χ4n) is 2.55. The first-order valence-electron chi connectivity index (χ1n) is 7.26. The number of hydrogen-bond donors (Lipinski definition) is 1. The highest BCUT2D eigenvalue weighted by atomic mass is 15.1. The molecule has 1 rings (SSSR count). The molecule has 0 bridgehead atoms. The van der Waals surface area contributed by atoms with E-state index in [-0.39, 0.29) is 0 Å². The molecule has 0 unspecified atom stereocenters. The van der Waals surface area contributed by atoms with Crippen molar-refractivity contribution in [2.45, 2.75) is 54.1 Å². The Balaban J connectivity index is 2.42. The molecule has 0 aliphatic carbocycles. The Labute approximate surface area is 112 Å². The van der Waals surface area contributed by atoms with E-state index in [1.807, 2.05) is 12.5 Å². The highest BCUT2D eigenvalue weighted by Gasteiger charge is 2.16. The summed E-state index contributed by atoms with van der Waals surface area (Å²) in [4.78, 5) is 4.23. The van der Waals surface area contributed by atoms with E-state index in [4.69, 9.17) is 0 Å². The van der Waals surface area contributed by atoms with Gasteiger partial charge in [-0.3, -0.25) is 0 Å². The Morgan fingerprint density at radius 2 is 1.89 bits per heavy atom. The first-order chi connectivity index (χ1) is 8.56. The van der Waals surface area contributed by atoms with Gasteiger partial charge in [-0.15, -0.1) is 0 Å². The van der Waals surface area contributed by atoms with Crippen LogP contribution in [-0.4, -0.2) is 16.1 Å². The van der Waals surface area contributed by atoms with Crippen molar-refractivity contribution in [2.75, 3.05) is 6.54 Å². The van der Waals surface area contributed by atoms with Gasteiger partial charge in [0.15, 0.2) is 0 Å². The van der Waals surface area contributed by atoms with Crippen molar-refractivity contribution in [3.05, 3.63) is 18.2 Å². The number of nitrogens with zero attached hydrogens (tertiary/aromatic N) is 2. The molecule has 1 heterocycles. The number of aryl methyl sites for hydroxylation is 1. The van der Waals surface area contributed by atoms with Gasteiger partial charge in [0.2, 0.25) is 0 Å². The minimum absolute atomic E-state index is 0.734. The SMILES string of the molecule is CCCn1cncc1CNCC(C(C)C)C(C)C. The van der Waals surface area contributed by atoms with Gasteiger partial charge in [0.1, 0.15) is 0 Å². The lowest BCUT2D eigenvalue weighted by Gasteiger charge is -2.25. The summed E-state index contributed by atoms with van der Waals surface area (Å²) >= 11 is 0. The maximum atomic E-state index is 4.23. The number of imidazole rings is 1. The van der Waals surface area contributed by atoms with Crippen LogP contribution in [0.1, 0.15) is 46.7 Å². The molecule has 0 saturated heterocycles. The van der Waals surface area contributed by atoms with Gasteiger partial charge < -0.3 is 9.88 Å². The third-order valence-corrected chi connectivity index (χ3v) is 3.66. The second kappa shape index (κ2) is 7.57. The molecule has 0 spiro atoms. The maximum absolute atomic E-state index is 4.23. The quantitative estimate of drug-likeness (QED) is 0.768. The van der Waals surface area contributed by atoms with E-state index < -0.39 is 0 Å². The molecule has 104 valence electrons. The number of hydrogen-bond acceptors (Lipinski definition) is 2. The fraction of sp³-hybridized carbons (Fsp3) is 0.800. The summed E-state index contributed by atoms with van der Waals surface area (Å²) in [5, 5.41) is 3.59. The molecule has 3 nitrogen and oxygen atoms in total. The molecule has 0 saturated carbocycles. The van der Waals surface area contributed by atoms with Crippen LogP contribution in [0.3, 0.4) is 0 Å². The predicted octanol–water partition coefficient (Wildman–Crippen LogP) is 3.31. The highest BCUT2D eigenvalue weighted by Crippen LogP contribution is 2.19. The maximum Gasteiger partial charge on any atom is 0.0948 e. The van der Waals surface area contributed by atoms with Crippen molar-refractivity contribution in [1.29, 1.82) is 0 Å². The van der Waals surface area contributed by atoms with Crippen molar-refractivity contribution in [2.24, 2.45) is 17.8 Å². The van der Waals surface area contributed by atoms with Crippen LogP contribution >= 0.6 is 0 Å². The van der Waals surface area contributed by atoms with Gasteiger partial charge in [-0.25, -0.2) is 4.98 Å². The lowest BCUT2D eigenvalue weighted by atomic mass is 9.85. The summed E-state index contributed by atoms with van der Waals surface area (Å²) in [6, 6.07) is 0. The number of nitrogens with one attached hydrogen (secondary N) is 1. The first-order valence-corrected chi connectivity index (χ1v) is 7.26. The minimum Gasteiger partial charge on any atom is -0.333 e. The Morgan fingerprint density at radius 1 is 1.22 bits per heavy atom. The summed E-state index contributed by atoms with van der Waals surface area (Å²) in [7, 11) is 0. The summed E-state index contributed by atoms with van der Waals surface area (Å²) in [6.45, 7) is 14.5. The molecule has 0 amide bonds. The molecule has 0 aliphatic heterocycles.